The predicted octanol–water partition coefficient (Wildman–Crippen LogP) is 4.21. The monoisotopic (exact) mass is 402 g/mol. The molecular weight excluding hydrogens is 379 g/mol. The summed E-state index contributed by atoms with van der Waals surface area (Å²) in [4.78, 5) is 2.32. The lowest BCUT2D eigenvalue weighted by Gasteiger charge is -2.18. The third-order valence-corrected chi connectivity index (χ3v) is 5.87. The van der Waals surface area contributed by atoms with Crippen molar-refractivity contribution in [3.05, 3.63) is 64.1 Å². The van der Waals surface area contributed by atoms with E-state index in [1.54, 1.807) is 12.1 Å². The number of ether oxygens (including phenoxy) is 1. The molecule has 1 N–H and O–H groups in total. The first kappa shape index (κ1) is 19.2. The number of halogens is 2. The predicted molar refractivity (Wildman–Crippen MR) is 110 cm³/mol. The smallest absolute Gasteiger partial charge is 0.165 e. The van der Waals surface area contributed by atoms with Gasteiger partial charge in [-0.05, 0) is 54.9 Å². The molecule has 1 aromatic heterocycles. The number of aliphatic hydroxyl groups excluding tert-OH is 1. The van der Waals surface area contributed by atoms with E-state index in [9.17, 15) is 9.50 Å². The lowest BCUT2D eigenvalue weighted by molar-refractivity contribution is 0.156. The van der Waals surface area contributed by atoms with Crippen LogP contribution >= 0.6 is 11.6 Å². The molecule has 0 saturated heterocycles. The van der Waals surface area contributed by atoms with Crippen molar-refractivity contribution >= 4 is 22.5 Å². The lowest BCUT2D eigenvalue weighted by Crippen LogP contribution is -2.21. The van der Waals surface area contributed by atoms with Crippen molar-refractivity contribution in [1.29, 1.82) is 0 Å². The zero-order valence-corrected chi connectivity index (χ0v) is 16.8. The third kappa shape index (κ3) is 3.50. The van der Waals surface area contributed by atoms with E-state index in [1.165, 1.54) is 24.4 Å². The standard InChI is InChI=1S/C22H24ClFN2O2/c1-25-9-7-16-17-12-15(23)4-5-19(17)26(20(16)8-10-25)13-21(27)14-3-6-22(28-2)18(24)11-14/h3-6,11-12,21,27H,7-10,13H2,1-2H3. The zero-order valence-electron chi connectivity index (χ0n) is 16.1. The molecule has 0 radical (unpaired) electrons. The largest absolute Gasteiger partial charge is 0.494 e. The van der Waals surface area contributed by atoms with E-state index >= 15 is 0 Å². The number of aromatic nitrogens is 1. The fraction of sp³-hybridized carbons (Fsp3) is 0.364. The van der Waals surface area contributed by atoms with Gasteiger partial charge in [0.05, 0.1) is 19.8 Å². The number of aliphatic hydroxyl groups is 1. The third-order valence-electron chi connectivity index (χ3n) is 5.64. The van der Waals surface area contributed by atoms with Crippen LogP contribution in [-0.2, 0) is 19.4 Å². The van der Waals surface area contributed by atoms with Crippen molar-refractivity contribution in [2.45, 2.75) is 25.5 Å². The Labute approximate surface area is 169 Å². The van der Waals surface area contributed by atoms with Gasteiger partial charge in [0.2, 0.25) is 0 Å². The van der Waals surface area contributed by atoms with Crippen LogP contribution in [0.15, 0.2) is 36.4 Å². The molecule has 148 valence electrons. The summed E-state index contributed by atoms with van der Waals surface area (Å²) >= 11 is 6.26. The minimum Gasteiger partial charge on any atom is -0.494 e. The molecule has 0 amide bonds. The van der Waals surface area contributed by atoms with Gasteiger partial charge >= 0.3 is 0 Å². The van der Waals surface area contributed by atoms with Gasteiger partial charge < -0.3 is 19.3 Å². The highest BCUT2D eigenvalue weighted by Gasteiger charge is 2.23. The molecule has 0 bridgehead atoms. The SMILES string of the molecule is COc1ccc(C(O)Cn2c3c(c4cc(Cl)ccc42)CCN(C)CC3)cc1F. The molecule has 0 saturated carbocycles. The van der Waals surface area contributed by atoms with Crippen molar-refractivity contribution in [3.63, 3.8) is 0 Å². The highest BCUT2D eigenvalue weighted by molar-refractivity contribution is 6.31. The normalized spacial score (nSPS) is 16.0. The van der Waals surface area contributed by atoms with Gasteiger partial charge in [0, 0.05) is 41.1 Å². The van der Waals surface area contributed by atoms with Gasteiger partial charge in [-0.1, -0.05) is 17.7 Å². The first-order valence-corrected chi connectivity index (χ1v) is 9.85. The average molecular weight is 403 g/mol. The van der Waals surface area contributed by atoms with E-state index in [-0.39, 0.29) is 5.75 Å². The highest BCUT2D eigenvalue weighted by atomic mass is 35.5. The van der Waals surface area contributed by atoms with Gasteiger partial charge in [-0.2, -0.15) is 0 Å². The minimum absolute atomic E-state index is 0.175. The van der Waals surface area contributed by atoms with Crippen LogP contribution in [0.2, 0.25) is 5.02 Å². The van der Waals surface area contributed by atoms with Crippen LogP contribution in [-0.4, -0.2) is 41.8 Å². The van der Waals surface area contributed by atoms with E-state index in [0.29, 0.717) is 17.1 Å². The fourth-order valence-electron chi connectivity index (χ4n) is 4.10. The topological polar surface area (TPSA) is 37.6 Å². The maximum Gasteiger partial charge on any atom is 0.165 e. The Morgan fingerprint density at radius 2 is 1.96 bits per heavy atom. The molecule has 3 aromatic rings. The summed E-state index contributed by atoms with van der Waals surface area (Å²) in [5, 5.41) is 12.7. The minimum atomic E-state index is -0.822. The number of benzene rings is 2. The van der Waals surface area contributed by atoms with E-state index in [0.717, 1.165) is 36.8 Å². The number of hydrogen-bond acceptors (Lipinski definition) is 3. The summed E-state index contributed by atoms with van der Waals surface area (Å²) in [6.07, 6.45) is 1.03. The summed E-state index contributed by atoms with van der Waals surface area (Å²) in [6, 6.07) is 10.5. The Balaban J connectivity index is 1.75. The summed E-state index contributed by atoms with van der Waals surface area (Å²) in [5.74, 6) is -0.294. The first-order valence-electron chi connectivity index (χ1n) is 9.47. The first-order chi connectivity index (χ1) is 13.5. The number of methoxy groups -OCH3 is 1. The van der Waals surface area contributed by atoms with E-state index < -0.39 is 11.9 Å². The summed E-state index contributed by atoms with van der Waals surface area (Å²) < 4.78 is 21.2. The van der Waals surface area contributed by atoms with Gasteiger partial charge in [0.1, 0.15) is 0 Å². The second kappa shape index (κ2) is 7.74. The number of hydrogen-bond donors (Lipinski definition) is 1. The Morgan fingerprint density at radius 1 is 1.18 bits per heavy atom. The number of nitrogens with zero attached hydrogens (tertiary/aromatic N) is 2. The van der Waals surface area contributed by atoms with Crippen molar-refractivity contribution in [2.24, 2.45) is 0 Å². The lowest BCUT2D eigenvalue weighted by atomic mass is 10.1. The number of fused-ring (bicyclic) bond motifs is 3. The Bertz CT molecular complexity index is 1020. The van der Waals surface area contributed by atoms with Crippen LogP contribution in [0, 0.1) is 5.82 Å². The molecule has 0 spiro atoms. The second-order valence-electron chi connectivity index (χ2n) is 7.41. The summed E-state index contributed by atoms with van der Waals surface area (Å²) in [5.41, 5.74) is 4.13. The van der Waals surface area contributed by atoms with Crippen LogP contribution in [0.4, 0.5) is 4.39 Å². The molecule has 1 unspecified atom stereocenters. The molecular formula is C22H24ClFN2O2. The van der Waals surface area contributed by atoms with Crippen LogP contribution in [0.1, 0.15) is 22.9 Å². The Morgan fingerprint density at radius 3 is 2.71 bits per heavy atom. The molecule has 4 nitrogen and oxygen atoms in total. The summed E-state index contributed by atoms with van der Waals surface area (Å²) in [7, 11) is 3.55. The molecule has 2 heterocycles. The molecule has 2 aromatic carbocycles. The van der Waals surface area contributed by atoms with E-state index in [2.05, 4.69) is 16.5 Å². The Hall–Kier alpha value is -2.08. The molecule has 1 atom stereocenters. The van der Waals surface area contributed by atoms with Gasteiger partial charge in [0.15, 0.2) is 11.6 Å². The second-order valence-corrected chi connectivity index (χ2v) is 7.85. The number of likely N-dealkylation sites (N-methyl/N-ethyl adjacent to an activating group) is 1. The van der Waals surface area contributed by atoms with Gasteiger partial charge in [0.25, 0.3) is 0 Å². The maximum absolute atomic E-state index is 14.1. The van der Waals surface area contributed by atoms with Crippen LogP contribution in [0.5, 0.6) is 5.75 Å². The van der Waals surface area contributed by atoms with Crippen molar-refractivity contribution in [2.75, 3.05) is 27.2 Å². The average Bonchev–Trinajstić information content (AvgIpc) is 2.81. The van der Waals surface area contributed by atoms with Crippen LogP contribution < -0.4 is 4.74 Å². The molecule has 6 heteroatoms. The van der Waals surface area contributed by atoms with Gasteiger partial charge in [-0.25, -0.2) is 4.39 Å². The van der Waals surface area contributed by atoms with Gasteiger partial charge in [-0.3, -0.25) is 0 Å². The van der Waals surface area contributed by atoms with Crippen molar-refractivity contribution in [3.8, 4) is 5.75 Å². The quantitative estimate of drug-likeness (QED) is 0.710. The molecule has 1 aliphatic rings. The highest BCUT2D eigenvalue weighted by Crippen LogP contribution is 2.33. The molecule has 0 fully saturated rings. The Kier molecular flexibility index (Phi) is 5.32. The molecule has 28 heavy (non-hydrogen) atoms. The maximum atomic E-state index is 14.1. The van der Waals surface area contributed by atoms with Crippen LogP contribution in [0.25, 0.3) is 10.9 Å². The number of rotatable bonds is 4. The fourth-order valence-corrected chi connectivity index (χ4v) is 4.27. The van der Waals surface area contributed by atoms with Crippen molar-refractivity contribution in [1.82, 2.24) is 9.47 Å². The molecule has 0 aliphatic carbocycles. The van der Waals surface area contributed by atoms with Crippen LogP contribution in [0.3, 0.4) is 0 Å². The van der Waals surface area contributed by atoms with E-state index in [4.69, 9.17) is 16.3 Å². The van der Waals surface area contributed by atoms with Gasteiger partial charge in [-0.15, -0.1) is 0 Å². The summed E-state index contributed by atoms with van der Waals surface area (Å²) in [6.45, 7) is 2.32. The van der Waals surface area contributed by atoms with Crippen molar-refractivity contribution < 1.29 is 14.2 Å². The molecule has 4 rings (SSSR count). The molecule has 1 aliphatic heterocycles. The zero-order chi connectivity index (χ0) is 19.8. The van der Waals surface area contributed by atoms with E-state index in [1.807, 2.05) is 18.2 Å².